The number of rotatable bonds is 7. The summed E-state index contributed by atoms with van der Waals surface area (Å²) >= 11 is 0. The Bertz CT molecular complexity index is 550. The van der Waals surface area contributed by atoms with Gasteiger partial charge in [0.2, 0.25) is 0 Å². The number of halogens is 2. The Morgan fingerprint density at radius 2 is 2.00 bits per heavy atom. The molecule has 0 amide bonds. The molecule has 0 aliphatic carbocycles. The Balaban J connectivity index is 0.00000338. The van der Waals surface area contributed by atoms with Crippen LogP contribution in [0.15, 0.2) is 29.3 Å². The predicted molar refractivity (Wildman–Crippen MR) is 116 cm³/mol. The molecule has 1 aromatic carbocycles. The van der Waals surface area contributed by atoms with Gasteiger partial charge < -0.3 is 15.4 Å². The van der Waals surface area contributed by atoms with Gasteiger partial charge in [-0.3, -0.25) is 9.89 Å². The second kappa shape index (κ2) is 12.5. The fraction of sp³-hybridized carbons (Fsp3) is 0.632. The summed E-state index contributed by atoms with van der Waals surface area (Å²) < 4.78 is 18.7. The molecule has 1 fully saturated rings. The highest BCUT2D eigenvalue weighted by atomic mass is 127. The van der Waals surface area contributed by atoms with Gasteiger partial charge in [-0.1, -0.05) is 26.0 Å². The highest BCUT2D eigenvalue weighted by molar-refractivity contribution is 14.0. The van der Waals surface area contributed by atoms with Gasteiger partial charge in [-0.2, -0.15) is 0 Å². The van der Waals surface area contributed by atoms with E-state index in [2.05, 4.69) is 34.4 Å². The van der Waals surface area contributed by atoms with Gasteiger partial charge in [-0.25, -0.2) is 4.39 Å². The van der Waals surface area contributed by atoms with E-state index in [-0.39, 0.29) is 29.8 Å². The quantitative estimate of drug-likeness (QED) is 0.360. The topological polar surface area (TPSA) is 48.9 Å². The summed E-state index contributed by atoms with van der Waals surface area (Å²) in [5.41, 5.74) is 0.898. The maximum absolute atomic E-state index is 13.3. The molecule has 1 heterocycles. The van der Waals surface area contributed by atoms with E-state index in [1.54, 1.807) is 13.1 Å². The molecule has 1 aliphatic heterocycles. The Labute approximate surface area is 173 Å². The largest absolute Gasteiger partial charge is 0.379 e. The van der Waals surface area contributed by atoms with E-state index in [0.29, 0.717) is 18.5 Å². The fourth-order valence-corrected chi connectivity index (χ4v) is 3.12. The van der Waals surface area contributed by atoms with Crippen molar-refractivity contribution in [2.45, 2.75) is 32.9 Å². The molecule has 1 aromatic rings. The number of aliphatic imine (C=N–C) groups is 1. The lowest BCUT2D eigenvalue weighted by molar-refractivity contribution is 0.0132. The van der Waals surface area contributed by atoms with Crippen molar-refractivity contribution < 1.29 is 9.13 Å². The second-order valence-electron chi connectivity index (χ2n) is 6.87. The summed E-state index contributed by atoms with van der Waals surface area (Å²) in [4.78, 5) is 6.78. The van der Waals surface area contributed by atoms with Gasteiger partial charge in [-0.15, -0.1) is 24.0 Å². The fourth-order valence-electron chi connectivity index (χ4n) is 3.12. The van der Waals surface area contributed by atoms with Crippen molar-refractivity contribution in [2.24, 2.45) is 10.9 Å². The van der Waals surface area contributed by atoms with Crippen molar-refractivity contribution in [1.82, 2.24) is 15.5 Å². The van der Waals surface area contributed by atoms with E-state index in [4.69, 9.17) is 4.74 Å². The molecule has 1 atom stereocenters. The molecule has 0 aromatic heterocycles. The molecular formula is C19H32FIN4O. The van der Waals surface area contributed by atoms with Gasteiger partial charge in [0.25, 0.3) is 0 Å². The van der Waals surface area contributed by atoms with Crippen LogP contribution >= 0.6 is 24.0 Å². The number of benzene rings is 1. The van der Waals surface area contributed by atoms with Crippen LogP contribution < -0.4 is 10.6 Å². The van der Waals surface area contributed by atoms with Crippen molar-refractivity contribution in [2.75, 3.05) is 39.9 Å². The number of nitrogens with one attached hydrogen (secondary N) is 2. The van der Waals surface area contributed by atoms with E-state index in [9.17, 15) is 4.39 Å². The highest BCUT2D eigenvalue weighted by Gasteiger charge is 2.22. The van der Waals surface area contributed by atoms with Crippen LogP contribution in [0.1, 0.15) is 25.8 Å². The molecule has 1 aliphatic rings. The first-order chi connectivity index (χ1) is 12.1. The first-order valence-electron chi connectivity index (χ1n) is 9.09. The summed E-state index contributed by atoms with van der Waals surface area (Å²) in [6.07, 6.45) is 1.13. The van der Waals surface area contributed by atoms with Gasteiger partial charge in [0.05, 0.1) is 13.2 Å². The minimum absolute atomic E-state index is 0. The third-order valence-corrected chi connectivity index (χ3v) is 4.38. The molecule has 148 valence electrons. The molecule has 5 nitrogen and oxygen atoms in total. The smallest absolute Gasteiger partial charge is 0.191 e. The van der Waals surface area contributed by atoms with Crippen molar-refractivity contribution in [3.63, 3.8) is 0 Å². The van der Waals surface area contributed by atoms with Crippen LogP contribution in [0, 0.1) is 11.7 Å². The van der Waals surface area contributed by atoms with E-state index >= 15 is 0 Å². The molecule has 7 heteroatoms. The van der Waals surface area contributed by atoms with Crippen LogP contribution in [0.25, 0.3) is 0 Å². The minimum atomic E-state index is -0.216. The highest BCUT2D eigenvalue weighted by Crippen LogP contribution is 2.13. The van der Waals surface area contributed by atoms with Gasteiger partial charge >= 0.3 is 0 Å². The third kappa shape index (κ3) is 8.18. The molecule has 1 saturated heterocycles. The molecule has 1 unspecified atom stereocenters. The monoisotopic (exact) mass is 478 g/mol. The maximum Gasteiger partial charge on any atom is 0.191 e. The number of hydrogen-bond donors (Lipinski definition) is 2. The normalized spacial score (nSPS) is 16.9. The molecule has 0 bridgehead atoms. The SMILES string of the molecule is CN=C(NCc1cccc(F)c1)NCC(CC(C)C)N1CCOCC1.I. The lowest BCUT2D eigenvalue weighted by atomic mass is 10.0. The summed E-state index contributed by atoms with van der Waals surface area (Å²) in [6.45, 7) is 9.46. The molecule has 2 rings (SSSR count). The predicted octanol–water partition coefficient (Wildman–Crippen LogP) is 2.86. The zero-order valence-electron chi connectivity index (χ0n) is 16.0. The van der Waals surface area contributed by atoms with Crippen LogP contribution in [0.4, 0.5) is 4.39 Å². The van der Waals surface area contributed by atoms with Crippen molar-refractivity contribution in [3.8, 4) is 0 Å². The number of nitrogens with zero attached hydrogens (tertiary/aromatic N) is 2. The van der Waals surface area contributed by atoms with Crippen molar-refractivity contribution in [3.05, 3.63) is 35.6 Å². The van der Waals surface area contributed by atoms with E-state index in [0.717, 1.165) is 50.8 Å². The molecule has 0 radical (unpaired) electrons. The Morgan fingerprint density at radius 3 is 2.62 bits per heavy atom. The van der Waals surface area contributed by atoms with Gasteiger partial charge in [-0.05, 0) is 30.0 Å². The molecule has 0 saturated carbocycles. The number of guanidine groups is 1. The molecule has 26 heavy (non-hydrogen) atoms. The Hall–Kier alpha value is -0.930. The summed E-state index contributed by atoms with van der Waals surface area (Å²) in [6, 6.07) is 7.07. The van der Waals surface area contributed by atoms with Crippen LogP contribution in [0.5, 0.6) is 0 Å². The number of morpholine rings is 1. The van der Waals surface area contributed by atoms with Crippen LogP contribution in [0.3, 0.4) is 0 Å². The van der Waals surface area contributed by atoms with Gasteiger partial charge in [0, 0.05) is 39.3 Å². The zero-order valence-corrected chi connectivity index (χ0v) is 18.3. The van der Waals surface area contributed by atoms with E-state index < -0.39 is 0 Å². The maximum atomic E-state index is 13.3. The Morgan fingerprint density at radius 1 is 1.27 bits per heavy atom. The zero-order chi connectivity index (χ0) is 18.1. The lowest BCUT2D eigenvalue weighted by Gasteiger charge is -2.35. The molecular weight excluding hydrogens is 446 g/mol. The third-order valence-electron chi connectivity index (χ3n) is 4.38. The summed E-state index contributed by atoms with van der Waals surface area (Å²) in [5.74, 6) is 1.16. The molecule has 0 spiro atoms. The molecule has 2 N–H and O–H groups in total. The van der Waals surface area contributed by atoms with Crippen LogP contribution in [0.2, 0.25) is 0 Å². The van der Waals surface area contributed by atoms with E-state index in [1.165, 1.54) is 12.1 Å². The Kier molecular flexibility index (Phi) is 11.1. The van der Waals surface area contributed by atoms with Crippen molar-refractivity contribution >= 4 is 29.9 Å². The average molecular weight is 478 g/mol. The standard InChI is InChI=1S/C19H31FN4O.HI/c1-15(2)11-18(24-7-9-25-10-8-24)14-23-19(21-3)22-13-16-5-4-6-17(20)12-16;/h4-6,12,15,18H,7-11,13-14H2,1-3H3,(H2,21,22,23);1H. The van der Waals surface area contributed by atoms with Gasteiger partial charge in [0.1, 0.15) is 5.82 Å². The second-order valence-corrected chi connectivity index (χ2v) is 6.87. The van der Waals surface area contributed by atoms with Crippen LogP contribution in [-0.4, -0.2) is 56.8 Å². The number of hydrogen-bond acceptors (Lipinski definition) is 3. The van der Waals surface area contributed by atoms with Crippen molar-refractivity contribution in [1.29, 1.82) is 0 Å². The summed E-state index contributed by atoms with van der Waals surface area (Å²) in [7, 11) is 1.76. The summed E-state index contributed by atoms with van der Waals surface area (Å²) in [5, 5.41) is 6.67. The van der Waals surface area contributed by atoms with E-state index in [1.807, 2.05) is 6.07 Å². The first-order valence-corrected chi connectivity index (χ1v) is 9.09. The van der Waals surface area contributed by atoms with Gasteiger partial charge in [0.15, 0.2) is 5.96 Å². The lowest BCUT2D eigenvalue weighted by Crippen LogP contribution is -2.50. The first kappa shape index (κ1) is 23.1. The minimum Gasteiger partial charge on any atom is -0.379 e. The average Bonchev–Trinajstić information content (AvgIpc) is 2.61. The number of ether oxygens (including phenoxy) is 1. The van der Waals surface area contributed by atoms with Crippen LogP contribution in [-0.2, 0) is 11.3 Å².